The summed E-state index contributed by atoms with van der Waals surface area (Å²) in [4.78, 5) is 21.6. The van der Waals surface area contributed by atoms with Crippen LogP contribution in [0.4, 0.5) is 27.4 Å². The molecular weight excluding hydrogens is 381 g/mol. The Labute approximate surface area is 175 Å². The molecule has 0 bridgehead atoms. The number of carbonyl (C=O) groups excluding carboxylic acids is 1. The predicted molar refractivity (Wildman–Crippen MR) is 117 cm³/mol. The number of amides is 1. The van der Waals surface area contributed by atoms with Gasteiger partial charge >= 0.3 is 0 Å². The van der Waals surface area contributed by atoms with Gasteiger partial charge < -0.3 is 16.0 Å². The van der Waals surface area contributed by atoms with Crippen LogP contribution in [-0.2, 0) is 10.2 Å². The fourth-order valence-electron chi connectivity index (χ4n) is 3.48. The zero-order valence-electron chi connectivity index (χ0n) is 17.0. The Morgan fingerprint density at radius 2 is 1.63 bits per heavy atom. The van der Waals surface area contributed by atoms with Crippen LogP contribution >= 0.6 is 0 Å². The standard InChI is InChI=1S/C23H24FN5O/c1-3-25-20-14-21(27-15(2)26-20)28-18-8-10-19(11-9-18)29-22(30)23(12-13-23)16-4-6-17(24)7-5-16/h4-11,14H,3,12-13H2,1-2H3,(H,29,30)(H2,25,26,27,28). The van der Waals surface area contributed by atoms with E-state index in [1.807, 2.05) is 44.2 Å². The molecule has 6 nitrogen and oxygen atoms in total. The van der Waals surface area contributed by atoms with E-state index in [2.05, 4.69) is 25.9 Å². The number of nitrogens with one attached hydrogen (secondary N) is 3. The molecule has 7 heteroatoms. The van der Waals surface area contributed by atoms with Gasteiger partial charge in [-0.15, -0.1) is 0 Å². The molecule has 154 valence electrons. The molecule has 1 aromatic heterocycles. The molecule has 0 radical (unpaired) electrons. The summed E-state index contributed by atoms with van der Waals surface area (Å²) in [5.41, 5.74) is 1.88. The third-order valence-corrected chi connectivity index (χ3v) is 5.19. The lowest BCUT2D eigenvalue weighted by Gasteiger charge is -2.16. The second-order valence-corrected chi connectivity index (χ2v) is 7.46. The molecule has 0 saturated heterocycles. The van der Waals surface area contributed by atoms with Gasteiger partial charge in [0.15, 0.2) is 0 Å². The summed E-state index contributed by atoms with van der Waals surface area (Å²) < 4.78 is 13.2. The van der Waals surface area contributed by atoms with Gasteiger partial charge in [0.2, 0.25) is 5.91 Å². The Balaban J connectivity index is 1.43. The monoisotopic (exact) mass is 405 g/mol. The Morgan fingerprint density at radius 3 is 2.27 bits per heavy atom. The maximum absolute atomic E-state index is 13.2. The van der Waals surface area contributed by atoms with Gasteiger partial charge in [-0.1, -0.05) is 12.1 Å². The molecule has 0 unspecified atom stereocenters. The molecule has 30 heavy (non-hydrogen) atoms. The van der Waals surface area contributed by atoms with E-state index in [0.717, 1.165) is 36.5 Å². The molecule has 1 amide bonds. The summed E-state index contributed by atoms with van der Waals surface area (Å²) in [7, 11) is 0. The lowest BCUT2D eigenvalue weighted by Crippen LogP contribution is -2.27. The fraction of sp³-hybridized carbons (Fsp3) is 0.261. The third kappa shape index (κ3) is 4.25. The van der Waals surface area contributed by atoms with Crippen LogP contribution in [0.3, 0.4) is 0 Å². The van der Waals surface area contributed by atoms with Gasteiger partial charge in [0.1, 0.15) is 23.3 Å². The molecule has 0 atom stereocenters. The average Bonchev–Trinajstić information content (AvgIpc) is 3.52. The molecule has 0 aliphatic heterocycles. The number of nitrogens with zero attached hydrogens (tertiary/aromatic N) is 2. The van der Waals surface area contributed by atoms with E-state index in [0.29, 0.717) is 17.3 Å². The minimum Gasteiger partial charge on any atom is -0.370 e. The molecule has 1 saturated carbocycles. The number of rotatable bonds is 7. The molecule has 1 aliphatic rings. The van der Waals surface area contributed by atoms with Gasteiger partial charge in [-0.3, -0.25) is 4.79 Å². The van der Waals surface area contributed by atoms with E-state index < -0.39 is 5.41 Å². The minimum absolute atomic E-state index is 0.0588. The summed E-state index contributed by atoms with van der Waals surface area (Å²) in [6.07, 6.45) is 1.54. The lowest BCUT2D eigenvalue weighted by atomic mass is 9.95. The molecule has 0 spiro atoms. The van der Waals surface area contributed by atoms with Gasteiger partial charge in [-0.2, -0.15) is 0 Å². The first-order valence-electron chi connectivity index (χ1n) is 10.0. The van der Waals surface area contributed by atoms with Crippen molar-refractivity contribution in [1.29, 1.82) is 0 Å². The molecule has 4 rings (SSSR count). The van der Waals surface area contributed by atoms with Crippen LogP contribution in [0.25, 0.3) is 0 Å². The molecule has 3 N–H and O–H groups in total. The van der Waals surface area contributed by atoms with Crippen LogP contribution in [0.5, 0.6) is 0 Å². The summed E-state index contributed by atoms with van der Waals surface area (Å²) >= 11 is 0. The number of halogens is 1. The van der Waals surface area contributed by atoms with Crippen molar-refractivity contribution in [2.75, 3.05) is 22.5 Å². The molecule has 1 fully saturated rings. The van der Waals surface area contributed by atoms with Crippen LogP contribution in [-0.4, -0.2) is 22.4 Å². The topological polar surface area (TPSA) is 78.9 Å². The number of hydrogen-bond donors (Lipinski definition) is 3. The van der Waals surface area contributed by atoms with Crippen molar-refractivity contribution >= 4 is 28.9 Å². The second-order valence-electron chi connectivity index (χ2n) is 7.46. The van der Waals surface area contributed by atoms with Crippen molar-refractivity contribution in [3.63, 3.8) is 0 Å². The largest absolute Gasteiger partial charge is 0.370 e. The first-order chi connectivity index (χ1) is 14.5. The average molecular weight is 405 g/mol. The van der Waals surface area contributed by atoms with Crippen LogP contribution < -0.4 is 16.0 Å². The number of benzene rings is 2. The van der Waals surface area contributed by atoms with Crippen LogP contribution in [0, 0.1) is 12.7 Å². The molecule has 1 aliphatic carbocycles. The van der Waals surface area contributed by atoms with E-state index in [9.17, 15) is 9.18 Å². The van der Waals surface area contributed by atoms with E-state index in [-0.39, 0.29) is 11.7 Å². The van der Waals surface area contributed by atoms with Gasteiger partial charge in [0.05, 0.1) is 5.41 Å². The number of aromatic nitrogens is 2. The van der Waals surface area contributed by atoms with Crippen LogP contribution in [0.2, 0.25) is 0 Å². The smallest absolute Gasteiger partial charge is 0.235 e. The van der Waals surface area contributed by atoms with Crippen molar-refractivity contribution in [3.8, 4) is 0 Å². The van der Waals surface area contributed by atoms with Gasteiger partial charge in [-0.25, -0.2) is 14.4 Å². The molecule has 3 aromatic rings. The molecule has 2 aromatic carbocycles. The van der Waals surface area contributed by atoms with Gasteiger partial charge in [0, 0.05) is 24.0 Å². The van der Waals surface area contributed by atoms with Gasteiger partial charge in [0.25, 0.3) is 0 Å². The SMILES string of the molecule is CCNc1cc(Nc2ccc(NC(=O)C3(c4ccc(F)cc4)CC3)cc2)nc(C)n1. The Kier molecular flexibility index (Phi) is 5.35. The number of hydrogen-bond acceptors (Lipinski definition) is 5. The maximum atomic E-state index is 13.2. The zero-order valence-corrected chi connectivity index (χ0v) is 17.0. The summed E-state index contributed by atoms with van der Waals surface area (Å²) in [6, 6.07) is 15.5. The third-order valence-electron chi connectivity index (χ3n) is 5.19. The molecular formula is C23H24FN5O. The zero-order chi connectivity index (χ0) is 21.1. The van der Waals surface area contributed by atoms with E-state index in [1.54, 1.807) is 12.1 Å². The highest BCUT2D eigenvalue weighted by Crippen LogP contribution is 2.49. The Morgan fingerprint density at radius 1 is 1.00 bits per heavy atom. The second kappa shape index (κ2) is 8.10. The Bertz CT molecular complexity index is 1050. The highest BCUT2D eigenvalue weighted by molar-refractivity contribution is 6.01. The fourth-order valence-corrected chi connectivity index (χ4v) is 3.48. The first kappa shape index (κ1) is 19.8. The van der Waals surface area contributed by atoms with Gasteiger partial charge in [-0.05, 0) is 68.7 Å². The Hall–Kier alpha value is -3.48. The molecule has 1 heterocycles. The minimum atomic E-state index is -0.550. The van der Waals surface area contributed by atoms with Crippen molar-refractivity contribution in [3.05, 3.63) is 71.8 Å². The summed E-state index contributed by atoms with van der Waals surface area (Å²) in [5.74, 6) is 1.79. The summed E-state index contributed by atoms with van der Waals surface area (Å²) in [6.45, 7) is 4.64. The van der Waals surface area contributed by atoms with E-state index in [1.165, 1.54) is 12.1 Å². The van der Waals surface area contributed by atoms with Crippen molar-refractivity contribution < 1.29 is 9.18 Å². The number of aryl methyl sites for hydroxylation is 1. The predicted octanol–water partition coefficient (Wildman–Crippen LogP) is 4.77. The van der Waals surface area contributed by atoms with Crippen LogP contribution in [0.1, 0.15) is 31.2 Å². The normalized spacial score (nSPS) is 14.1. The number of anilines is 4. The van der Waals surface area contributed by atoms with E-state index in [4.69, 9.17) is 0 Å². The van der Waals surface area contributed by atoms with Crippen molar-refractivity contribution in [2.45, 2.75) is 32.1 Å². The highest BCUT2D eigenvalue weighted by Gasteiger charge is 2.51. The summed E-state index contributed by atoms with van der Waals surface area (Å²) in [5, 5.41) is 9.43. The van der Waals surface area contributed by atoms with Crippen molar-refractivity contribution in [2.24, 2.45) is 0 Å². The first-order valence-corrected chi connectivity index (χ1v) is 10.0. The van der Waals surface area contributed by atoms with Crippen LogP contribution in [0.15, 0.2) is 54.6 Å². The number of carbonyl (C=O) groups is 1. The lowest BCUT2D eigenvalue weighted by molar-refractivity contribution is -0.118. The maximum Gasteiger partial charge on any atom is 0.235 e. The van der Waals surface area contributed by atoms with E-state index >= 15 is 0 Å². The highest BCUT2D eigenvalue weighted by atomic mass is 19.1. The van der Waals surface area contributed by atoms with Crippen molar-refractivity contribution in [1.82, 2.24) is 9.97 Å². The quantitative estimate of drug-likeness (QED) is 0.528.